The maximum absolute atomic E-state index is 12.3. The molecule has 5 aromatic rings. The van der Waals surface area contributed by atoms with Gasteiger partial charge >= 0.3 is 0 Å². The molecule has 0 aliphatic heterocycles. The summed E-state index contributed by atoms with van der Waals surface area (Å²) >= 11 is 1.80. The number of hydrazine groups is 2. The van der Waals surface area contributed by atoms with Crippen LogP contribution in [0.2, 0.25) is 0 Å². The Balaban J connectivity index is 0.000000494. The Morgan fingerprint density at radius 3 is 2.30 bits per heavy atom. The minimum absolute atomic E-state index is 0.0417. The summed E-state index contributed by atoms with van der Waals surface area (Å²) < 4.78 is 36.0. The van der Waals surface area contributed by atoms with Crippen LogP contribution in [-0.2, 0) is 23.0 Å². The average Bonchev–Trinajstić information content (AvgIpc) is 3.23. The van der Waals surface area contributed by atoms with Crippen molar-refractivity contribution in [2.24, 2.45) is 16.7 Å². The highest BCUT2D eigenvalue weighted by atomic mass is 32.2. The third-order valence-electron chi connectivity index (χ3n) is 7.75. The number of aryl methyl sites for hydroxylation is 1. The number of carbonyl (C=O) groups is 2. The van der Waals surface area contributed by atoms with Crippen molar-refractivity contribution in [3.05, 3.63) is 150 Å². The standard InChI is InChI=1S/C33H38N8O2S.C7H6O4S/c34-40-31(36-20-7-21-37-33(42)26-12-16-32(41-35)38-24-26)17-14-29-30(43-22-18-25-8-3-1-4-9-25)15-13-27(39-29)19-23-44-28-10-5-2-6-11-28;8-5-6-3-1-2-4-7(6)12(9,10)11/h1-6,8-17,24H,7,18-23,34-35H2,(H,36,40)(H,37,42)(H,38,41);1-5H,(H,9,10,11)/b17-14+;. The van der Waals surface area contributed by atoms with Crippen LogP contribution < -0.4 is 32.6 Å². The molecule has 2 heterocycles. The van der Waals surface area contributed by atoms with Gasteiger partial charge in [0.1, 0.15) is 28.0 Å². The Bertz CT molecular complexity index is 2160. The predicted molar refractivity (Wildman–Crippen MR) is 220 cm³/mol. The second kappa shape index (κ2) is 23.1. The number of anilines is 1. The second-order valence-electron chi connectivity index (χ2n) is 11.7. The largest absolute Gasteiger partial charge is 0.491 e. The number of aromatic nitrogens is 2. The first-order valence-corrected chi connectivity index (χ1v) is 19.9. The van der Waals surface area contributed by atoms with Crippen LogP contribution in [0, 0.1) is 0 Å². The number of hydrogen-bond donors (Lipinski definition) is 6. The van der Waals surface area contributed by atoms with Gasteiger partial charge in [0.05, 0.1) is 12.2 Å². The summed E-state index contributed by atoms with van der Waals surface area (Å²) in [6.07, 6.45) is 7.72. The SMILES string of the molecule is NNC(/C=C/c1nc(CCSc2ccccc2)ccc1OCCc1ccccc1)=NCCCNC(=O)c1ccc(NN)nc1.O=Cc1ccccc1S(=O)(=O)O. The van der Waals surface area contributed by atoms with Crippen molar-refractivity contribution < 1.29 is 27.3 Å². The molecule has 0 spiro atoms. The number of amides is 1. The molecule has 14 nitrogen and oxygen atoms in total. The molecular formula is C40H44N8O6S2. The van der Waals surface area contributed by atoms with Crippen LogP contribution in [0.1, 0.15) is 44.1 Å². The zero-order valence-corrected chi connectivity index (χ0v) is 32.1. The Kier molecular flexibility index (Phi) is 17.7. The number of nitrogens with zero attached hydrogens (tertiary/aromatic N) is 3. The van der Waals surface area contributed by atoms with Crippen molar-refractivity contribution in [2.75, 3.05) is 30.9 Å². The van der Waals surface area contributed by atoms with Gasteiger partial charge in [0, 0.05) is 47.6 Å². The summed E-state index contributed by atoms with van der Waals surface area (Å²) in [5.41, 5.74) is 8.38. The molecule has 0 saturated heterocycles. The highest BCUT2D eigenvalue weighted by molar-refractivity contribution is 7.99. The molecule has 3 aromatic carbocycles. The lowest BCUT2D eigenvalue weighted by atomic mass is 10.2. The summed E-state index contributed by atoms with van der Waals surface area (Å²) in [4.78, 5) is 36.9. The third-order valence-corrected chi connectivity index (χ3v) is 9.69. The van der Waals surface area contributed by atoms with Crippen molar-refractivity contribution in [2.45, 2.75) is 29.1 Å². The number of hydrogen-bond acceptors (Lipinski definition) is 12. The van der Waals surface area contributed by atoms with Gasteiger partial charge in [0.15, 0.2) is 6.29 Å². The van der Waals surface area contributed by atoms with Crippen LogP contribution in [-0.4, -0.2) is 66.4 Å². The Hall–Kier alpha value is -5.91. The average molecular weight is 797 g/mol. The molecule has 0 saturated carbocycles. The normalized spacial score (nSPS) is 11.3. The molecule has 56 heavy (non-hydrogen) atoms. The molecular weight excluding hydrogens is 753 g/mol. The summed E-state index contributed by atoms with van der Waals surface area (Å²) in [6.45, 7) is 1.44. The lowest BCUT2D eigenvalue weighted by Crippen LogP contribution is -2.29. The van der Waals surface area contributed by atoms with E-state index in [9.17, 15) is 18.0 Å². The van der Waals surface area contributed by atoms with Crippen molar-refractivity contribution in [1.82, 2.24) is 20.7 Å². The maximum Gasteiger partial charge on any atom is 0.295 e. The molecule has 0 aliphatic carbocycles. The minimum Gasteiger partial charge on any atom is -0.491 e. The molecule has 5 rings (SSSR count). The van der Waals surface area contributed by atoms with Crippen LogP contribution in [0.25, 0.3) is 6.08 Å². The van der Waals surface area contributed by atoms with E-state index in [1.807, 2.05) is 54.6 Å². The molecule has 0 bridgehead atoms. The number of ether oxygens (including phenoxy) is 1. The van der Waals surface area contributed by atoms with Crippen molar-refractivity contribution in [3.8, 4) is 5.75 Å². The van der Waals surface area contributed by atoms with Crippen molar-refractivity contribution in [3.63, 3.8) is 0 Å². The number of benzene rings is 3. The third kappa shape index (κ3) is 14.7. The Morgan fingerprint density at radius 2 is 1.64 bits per heavy atom. The zero-order chi connectivity index (χ0) is 40.0. The van der Waals surface area contributed by atoms with E-state index in [-0.39, 0.29) is 16.4 Å². The van der Waals surface area contributed by atoms with E-state index >= 15 is 0 Å². The van der Waals surface area contributed by atoms with Gasteiger partial charge in [-0.05, 0) is 73.0 Å². The zero-order valence-electron chi connectivity index (χ0n) is 30.5. The van der Waals surface area contributed by atoms with Crippen LogP contribution in [0.5, 0.6) is 5.75 Å². The Morgan fingerprint density at radius 1 is 0.911 bits per heavy atom. The van der Waals surface area contributed by atoms with Gasteiger partial charge in [0.25, 0.3) is 16.0 Å². The van der Waals surface area contributed by atoms with E-state index in [1.165, 1.54) is 40.9 Å². The Labute approximate surface area is 330 Å². The minimum atomic E-state index is -4.28. The van der Waals surface area contributed by atoms with Crippen molar-refractivity contribution >= 4 is 51.8 Å². The van der Waals surface area contributed by atoms with E-state index in [4.69, 9.17) is 26.0 Å². The molecule has 0 aliphatic rings. The molecule has 0 atom stereocenters. The topological polar surface area (TPSA) is 224 Å². The molecule has 0 fully saturated rings. The van der Waals surface area contributed by atoms with Gasteiger partial charge in [-0.2, -0.15) is 8.42 Å². The molecule has 0 radical (unpaired) electrons. The highest BCUT2D eigenvalue weighted by Crippen LogP contribution is 2.22. The van der Waals surface area contributed by atoms with Crippen LogP contribution in [0.4, 0.5) is 5.82 Å². The number of amidine groups is 1. The lowest BCUT2D eigenvalue weighted by molar-refractivity contribution is 0.0952. The monoisotopic (exact) mass is 796 g/mol. The van der Waals surface area contributed by atoms with Gasteiger partial charge in [-0.25, -0.2) is 21.7 Å². The molecule has 2 aromatic heterocycles. The molecule has 16 heteroatoms. The van der Waals surface area contributed by atoms with Gasteiger partial charge in [-0.3, -0.25) is 19.1 Å². The summed E-state index contributed by atoms with van der Waals surface area (Å²) in [5, 5.41) is 2.86. The number of rotatable bonds is 18. The number of carbonyl (C=O) groups excluding carboxylic acids is 2. The van der Waals surface area contributed by atoms with Crippen LogP contribution in [0.15, 0.2) is 136 Å². The van der Waals surface area contributed by atoms with E-state index in [0.717, 1.165) is 24.3 Å². The van der Waals surface area contributed by atoms with E-state index < -0.39 is 10.1 Å². The first-order chi connectivity index (χ1) is 27.2. The first-order valence-electron chi connectivity index (χ1n) is 17.5. The number of aldehydes is 1. The first kappa shape index (κ1) is 42.8. The lowest BCUT2D eigenvalue weighted by Gasteiger charge is -2.11. The summed E-state index contributed by atoms with van der Waals surface area (Å²) in [7, 11) is -4.28. The molecule has 8 N–H and O–H groups in total. The predicted octanol–water partition coefficient (Wildman–Crippen LogP) is 5.16. The van der Waals surface area contributed by atoms with Crippen molar-refractivity contribution in [1.29, 1.82) is 0 Å². The van der Waals surface area contributed by atoms with Gasteiger partial charge in [0.2, 0.25) is 0 Å². The number of nitrogen functional groups attached to an aromatic ring is 1. The number of nitrogens with two attached hydrogens (primary N) is 2. The van der Waals surface area contributed by atoms with Crippen LogP contribution >= 0.6 is 11.8 Å². The molecule has 1 amide bonds. The fourth-order valence-electron chi connectivity index (χ4n) is 4.91. The van der Waals surface area contributed by atoms with E-state index in [1.54, 1.807) is 30.0 Å². The summed E-state index contributed by atoms with van der Waals surface area (Å²) in [6, 6.07) is 33.3. The highest BCUT2D eigenvalue weighted by Gasteiger charge is 2.13. The van der Waals surface area contributed by atoms with Gasteiger partial charge in [-0.15, -0.1) is 11.8 Å². The van der Waals surface area contributed by atoms with Crippen LogP contribution in [0.3, 0.4) is 0 Å². The quantitative estimate of drug-likeness (QED) is 0.00987. The van der Waals surface area contributed by atoms with Gasteiger partial charge in [-0.1, -0.05) is 66.7 Å². The second-order valence-corrected chi connectivity index (χ2v) is 14.3. The van der Waals surface area contributed by atoms with Gasteiger partial charge < -0.3 is 20.9 Å². The number of thioether (sulfide) groups is 1. The number of pyridine rings is 2. The van der Waals surface area contributed by atoms with E-state index in [2.05, 4.69) is 50.4 Å². The maximum atomic E-state index is 12.3. The number of nitrogens with one attached hydrogen (secondary N) is 3. The fourth-order valence-corrected chi connectivity index (χ4v) is 6.47. The smallest absolute Gasteiger partial charge is 0.295 e. The molecule has 292 valence electrons. The van der Waals surface area contributed by atoms with E-state index in [0.29, 0.717) is 61.1 Å². The summed E-state index contributed by atoms with van der Waals surface area (Å²) in [5.74, 6) is 13.4. The fraction of sp³-hybridized carbons (Fsp3) is 0.175. The number of aliphatic imine (C=N–C) groups is 1. The molecule has 0 unspecified atom stereocenters.